The molecule has 0 N–H and O–H groups in total. The van der Waals surface area contributed by atoms with Crippen molar-refractivity contribution in [3.05, 3.63) is 276 Å². The molecule has 0 saturated heterocycles. The Balaban J connectivity index is 0.000000189. The Morgan fingerprint density at radius 3 is 0.803 bits per heavy atom. The molecule has 2 radical (unpaired) electrons. The van der Waals surface area contributed by atoms with E-state index in [0.29, 0.717) is 47.5 Å². The second-order valence-electron chi connectivity index (χ2n) is 36.3. The van der Waals surface area contributed by atoms with Gasteiger partial charge in [0.05, 0.1) is 45.6 Å². The van der Waals surface area contributed by atoms with Crippen LogP contribution in [0.1, 0.15) is 305 Å². The van der Waals surface area contributed by atoms with E-state index in [1.165, 1.54) is 329 Å². The summed E-state index contributed by atoms with van der Waals surface area (Å²) in [5.41, 5.74) is 18.4. The van der Waals surface area contributed by atoms with Gasteiger partial charge in [-0.3, -0.25) is 49.5 Å². The first-order valence-electron chi connectivity index (χ1n) is 52.1. The van der Waals surface area contributed by atoms with E-state index in [4.69, 9.17) is 19.4 Å². The summed E-state index contributed by atoms with van der Waals surface area (Å²) >= 11 is 7.62. The summed E-state index contributed by atoms with van der Waals surface area (Å²) < 4.78 is 9.42. The van der Waals surface area contributed by atoms with Crippen molar-refractivity contribution in [2.75, 3.05) is 0 Å². The summed E-state index contributed by atoms with van der Waals surface area (Å²) in [7, 11) is 0. The number of imidazole rings is 2. The summed E-state index contributed by atoms with van der Waals surface area (Å²) in [5, 5.41) is 0. The van der Waals surface area contributed by atoms with E-state index in [1.807, 2.05) is 131 Å². The van der Waals surface area contributed by atoms with Gasteiger partial charge in [0, 0.05) is 101 Å². The van der Waals surface area contributed by atoms with Gasteiger partial charge in [0.25, 0.3) is 12.9 Å². The molecule has 22 heteroatoms. The molecule has 2 aromatic carbocycles. The van der Waals surface area contributed by atoms with Gasteiger partial charge in [-0.05, 0) is 266 Å². The Labute approximate surface area is 886 Å². The number of rotatable bonds is 55. The molecule has 0 amide bonds. The third-order valence-corrected chi connectivity index (χ3v) is 29.9. The van der Waals surface area contributed by atoms with Crippen LogP contribution in [0.4, 0.5) is 0 Å². The summed E-state index contributed by atoms with van der Waals surface area (Å²) in [6, 6.07) is 66.3. The Morgan fingerprint density at radius 2 is 0.493 bits per heavy atom. The zero-order chi connectivity index (χ0) is 97.4. The van der Waals surface area contributed by atoms with E-state index in [0.717, 1.165) is 81.9 Å². The Hall–Kier alpha value is -10.4. The monoisotopic (exact) mass is 2150 g/mol. The van der Waals surface area contributed by atoms with Crippen molar-refractivity contribution in [2.24, 2.45) is 0 Å². The Kier molecular flexibility index (Phi) is 53.2. The molecular formula is C120H144N12O4Ru2S4. The largest absolute Gasteiger partial charge is 1.00 e. The van der Waals surface area contributed by atoms with Gasteiger partial charge in [-0.2, -0.15) is 0 Å². The molecule has 0 atom stereocenters. The van der Waals surface area contributed by atoms with Gasteiger partial charge in [-0.15, -0.1) is 45.3 Å². The van der Waals surface area contributed by atoms with E-state index in [2.05, 4.69) is 213 Å². The summed E-state index contributed by atoms with van der Waals surface area (Å²) in [4.78, 5) is 85.2. The van der Waals surface area contributed by atoms with Crippen molar-refractivity contribution < 1.29 is 58.0 Å². The van der Waals surface area contributed by atoms with Crippen LogP contribution in [0.2, 0.25) is 0 Å². The molecule has 0 aliphatic rings. The average molecular weight is 2150 g/mol. The first-order chi connectivity index (χ1) is 69.1. The predicted octanol–water partition coefficient (Wildman–Crippen LogP) is 34.3. The molecule has 0 saturated carbocycles. The van der Waals surface area contributed by atoms with Gasteiger partial charge < -0.3 is 29.4 Å². The second-order valence-corrected chi connectivity index (χ2v) is 40.8. The molecule has 0 aliphatic heterocycles. The van der Waals surface area contributed by atoms with Crippen molar-refractivity contribution in [1.29, 1.82) is 0 Å². The van der Waals surface area contributed by atoms with E-state index in [9.17, 15) is 9.59 Å². The van der Waals surface area contributed by atoms with Gasteiger partial charge in [-0.1, -0.05) is 294 Å². The number of hydrogen-bond donors (Lipinski definition) is 0. The summed E-state index contributed by atoms with van der Waals surface area (Å²) in [6.07, 6.45) is 70.2. The topological polar surface area (TPSA) is 210 Å². The number of para-hydroxylation sites is 4. The second kappa shape index (κ2) is 66.5. The third kappa shape index (κ3) is 39.3. The first kappa shape index (κ1) is 114. The number of carbonyl (C=O) groups excluding carboxylic acids is 2. The number of nitrogens with zero attached hydrogens (tertiary/aromatic N) is 12. The number of unbranched alkanes of at least 4 members (excludes halogenated alkanes) is 30. The van der Waals surface area contributed by atoms with Gasteiger partial charge in [0.2, 0.25) is 0 Å². The number of ether oxygens (including phenoxy) is 2. The number of thiophene rings is 4. The number of aryl methyl sites for hydroxylation is 6. The van der Waals surface area contributed by atoms with Gasteiger partial charge in [0.15, 0.2) is 0 Å². The van der Waals surface area contributed by atoms with Crippen LogP contribution in [0.3, 0.4) is 0 Å². The molecule has 16 rings (SSSR count). The van der Waals surface area contributed by atoms with Crippen molar-refractivity contribution in [3.63, 3.8) is 0 Å². The fourth-order valence-electron chi connectivity index (χ4n) is 17.0. The van der Waals surface area contributed by atoms with Gasteiger partial charge in [0.1, 0.15) is 11.5 Å². The maximum absolute atomic E-state index is 10.2. The number of aromatic nitrogens is 12. The Morgan fingerprint density at radius 1 is 0.246 bits per heavy atom. The fraction of sp³-hybridized carbons (Fsp3) is 0.400. The average Bonchev–Trinajstić information content (AvgIpc) is 1.77. The molecule has 0 bridgehead atoms. The van der Waals surface area contributed by atoms with Crippen LogP contribution in [0.5, 0.6) is 11.5 Å². The first-order valence-corrected chi connectivity index (χ1v) is 55.4. The van der Waals surface area contributed by atoms with Crippen LogP contribution in [0.15, 0.2) is 244 Å². The minimum atomic E-state index is 0. The molecule has 0 aliphatic carbocycles. The van der Waals surface area contributed by atoms with Crippen molar-refractivity contribution >= 4 is 80.4 Å². The number of fused-ring (bicyclic) bond motifs is 2. The number of benzene rings is 2. The van der Waals surface area contributed by atoms with Crippen molar-refractivity contribution in [3.8, 4) is 109 Å². The SMILES string of the molecule is CCCCCCCCCc1ccnc(-c2cc(CCCCCCCCC)ccn2)c1.CCCCCCCCCc1ccnc(-c2cc(CCCCCCCCC)ccn2)c1.CCCCCCc1ccc(-c2ccc(-c3ccnc(-c4cc(-c5ccc(-c6ccc(CCCCCC)s6)s5)ccn4)c3)s2)s1.O=COc1ccnc(-c2cc(OC=O)ccn2)c1.[Ru+].[Ru+].c1ccc2[n-]c(-c3nc4ccccc4[n-]3)nc2c1. The van der Waals surface area contributed by atoms with Crippen molar-refractivity contribution in [1.82, 2.24) is 59.8 Å². The Bertz CT molecular complexity index is 5680. The quantitative estimate of drug-likeness (QED) is 0.0197. The van der Waals surface area contributed by atoms with Crippen LogP contribution in [0.25, 0.3) is 120 Å². The smallest absolute Gasteiger partial charge is 0.436 e. The molecule has 142 heavy (non-hydrogen) atoms. The molecule has 748 valence electrons. The summed E-state index contributed by atoms with van der Waals surface area (Å²) in [6.45, 7) is 14.3. The van der Waals surface area contributed by atoms with Crippen molar-refractivity contribution in [2.45, 2.75) is 311 Å². The molecule has 16 nitrogen and oxygen atoms in total. The van der Waals surface area contributed by atoms with E-state index in [-0.39, 0.29) is 39.0 Å². The maximum Gasteiger partial charge on any atom is 1.00 e. The third-order valence-electron chi connectivity index (χ3n) is 25.0. The van der Waals surface area contributed by atoms with Crippen LogP contribution >= 0.6 is 45.3 Å². The zero-order valence-corrected chi connectivity index (χ0v) is 91.0. The molecule has 0 fully saturated rings. The zero-order valence-electron chi connectivity index (χ0n) is 84.3. The van der Waals surface area contributed by atoms with E-state index >= 15 is 0 Å². The van der Waals surface area contributed by atoms with Crippen LogP contribution in [0, 0.1) is 0 Å². The molecule has 14 heterocycles. The standard InChI is InChI=1S/C38H40N2S4.2C28H44N2.C14H8N4.C12H8N2O4.2Ru/c1-3-5-7-9-11-29-13-15-35(41-29)37-19-17-33(43-37)27-21-23-39-31(25-27)32-26-28(22-24-40-32)34-18-20-38(44-34)36-16-14-30(42-36)12-10-8-6-4-2;2*1-3-5-7-9-11-13-15-17-25-19-21-29-27(23-25)28-24-26(20-22-30-28)18-16-14-12-10-8-6-4-2;1-2-6-10-9(5-1)15-13(16-10)14-17-11-7-3-4-8-12(11)18-14;15-7-17-9-1-3-13-11(5-9)12-6-10(18-8-16)2-4-14-12;;/h13-26H,3-12H2,1-2H3;2*19-24H,3-18H2,1-2H3;2*1-8H;;/q;;;-2;;2*+1. The molecule has 0 unspecified atom stereocenters. The fourth-order valence-corrected chi connectivity index (χ4v) is 21.3. The number of carbonyl (C=O) groups is 2. The minimum Gasteiger partial charge on any atom is -0.436 e. The number of pyridine rings is 8. The van der Waals surface area contributed by atoms with Crippen LogP contribution in [-0.2, 0) is 87.1 Å². The minimum absolute atomic E-state index is 0. The van der Waals surface area contributed by atoms with Crippen LogP contribution in [-0.4, -0.2) is 62.8 Å². The maximum atomic E-state index is 10.2. The van der Waals surface area contributed by atoms with E-state index in [1.54, 1.807) is 24.3 Å². The molecule has 0 spiro atoms. The van der Waals surface area contributed by atoms with E-state index < -0.39 is 0 Å². The molecular weight excluding hydrogens is 2000 g/mol. The molecule has 14 aromatic heterocycles. The molecule has 16 aromatic rings. The van der Waals surface area contributed by atoms with Gasteiger partial charge in [-0.25, -0.2) is 0 Å². The number of hydrogen-bond acceptors (Lipinski definition) is 18. The predicted molar refractivity (Wildman–Crippen MR) is 588 cm³/mol. The van der Waals surface area contributed by atoms with Crippen LogP contribution < -0.4 is 19.4 Å². The summed E-state index contributed by atoms with van der Waals surface area (Å²) in [5.74, 6) is 1.90. The normalized spacial score (nSPS) is 10.9. The van der Waals surface area contributed by atoms with Gasteiger partial charge >= 0.3 is 39.0 Å².